The number of nitrogens with zero attached hydrogens (tertiary/aromatic N) is 6. The molecule has 3 aromatic rings. The number of anilines is 4. The van der Waals surface area contributed by atoms with E-state index in [0.29, 0.717) is 30.5 Å². The van der Waals surface area contributed by atoms with Crippen molar-refractivity contribution in [3.63, 3.8) is 0 Å². The molecule has 0 bridgehead atoms. The van der Waals surface area contributed by atoms with Crippen molar-refractivity contribution in [2.45, 2.75) is 25.6 Å². The van der Waals surface area contributed by atoms with Gasteiger partial charge in [0.05, 0.1) is 50.4 Å². The second kappa shape index (κ2) is 8.58. The van der Waals surface area contributed by atoms with Crippen molar-refractivity contribution in [1.82, 2.24) is 24.6 Å². The summed E-state index contributed by atoms with van der Waals surface area (Å²) in [6.45, 7) is 1.59. The molecule has 0 fully saturated rings. The maximum absolute atomic E-state index is 13.4. The molecule has 33 heavy (non-hydrogen) atoms. The number of carbonyl (C=O) groups excluding carboxylic acids is 1. The van der Waals surface area contributed by atoms with Gasteiger partial charge < -0.3 is 25.4 Å². The number of aliphatic hydroxyl groups excluding tert-OH is 1. The molecule has 0 spiro atoms. The van der Waals surface area contributed by atoms with E-state index in [1.54, 1.807) is 42.3 Å². The number of aliphatic hydroxyl groups is 1. The summed E-state index contributed by atoms with van der Waals surface area (Å²) in [5.41, 5.74) is 3.57. The number of ether oxygens (including phenoxy) is 1. The molecule has 2 aliphatic rings. The molecule has 4 heterocycles. The zero-order valence-corrected chi connectivity index (χ0v) is 18.5. The first-order chi connectivity index (χ1) is 16.1. The van der Waals surface area contributed by atoms with E-state index in [9.17, 15) is 4.79 Å². The fourth-order valence-corrected chi connectivity index (χ4v) is 4.42. The first kappa shape index (κ1) is 21.0. The predicted molar refractivity (Wildman–Crippen MR) is 123 cm³/mol. The number of methoxy groups -OCH3 is 1. The van der Waals surface area contributed by atoms with Crippen LogP contribution in [-0.4, -0.2) is 63.1 Å². The molecule has 1 atom stereocenters. The Hall–Kier alpha value is -3.86. The maximum atomic E-state index is 13.4. The fourth-order valence-electron chi connectivity index (χ4n) is 4.42. The van der Waals surface area contributed by atoms with Crippen LogP contribution in [0.15, 0.2) is 36.8 Å². The highest BCUT2D eigenvalue weighted by Crippen LogP contribution is 2.42. The topological polar surface area (TPSA) is 121 Å². The van der Waals surface area contributed by atoms with Crippen molar-refractivity contribution in [2.24, 2.45) is 0 Å². The normalized spacial score (nSPS) is 17.3. The average Bonchev–Trinajstić information content (AvgIpc) is 3.28. The minimum Gasteiger partial charge on any atom is -0.495 e. The molecule has 2 aromatic heterocycles. The van der Waals surface area contributed by atoms with Crippen LogP contribution in [0.1, 0.15) is 23.6 Å². The summed E-state index contributed by atoms with van der Waals surface area (Å²) in [5.74, 6) is 1.73. The lowest BCUT2D eigenvalue weighted by atomic mass is 9.95. The van der Waals surface area contributed by atoms with Crippen LogP contribution in [-0.2, 0) is 13.1 Å². The van der Waals surface area contributed by atoms with Crippen molar-refractivity contribution in [2.75, 3.05) is 42.8 Å². The van der Waals surface area contributed by atoms with Crippen LogP contribution < -0.4 is 20.3 Å². The van der Waals surface area contributed by atoms with Gasteiger partial charge in [0.2, 0.25) is 5.95 Å². The zero-order valence-electron chi connectivity index (χ0n) is 18.5. The van der Waals surface area contributed by atoms with Gasteiger partial charge in [-0.2, -0.15) is 10.1 Å². The van der Waals surface area contributed by atoms with Crippen LogP contribution in [0.25, 0.3) is 0 Å². The van der Waals surface area contributed by atoms with Crippen molar-refractivity contribution in [3.05, 3.63) is 47.9 Å². The van der Waals surface area contributed by atoms with Gasteiger partial charge in [-0.05, 0) is 12.5 Å². The Morgan fingerprint density at radius 3 is 3.03 bits per heavy atom. The summed E-state index contributed by atoms with van der Waals surface area (Å²) in [5, 5.41) is 19.7. The number of aromatic nitrogens is 4. The Morgan fingerprint density at radius 2 is 2.21 bits per heavy atom. The zero-order chi connectivity index (χ0) is 22.9. The van der Waals surface area contributed by atoms with Gasteiger partial charge in [0.15, 0.2) is 0 Å². The van der Waals surface area contributed by atoms with E-state index in [-0.39, 0.29) is 18.7 Å². The molecule has 0 unspecified atom stereocenters. The molecule has 5 rings (SSSR count). The number of para-hydroxylation sites is 1. The van der Waals surface area contributed by atoms with Gasteiger partial charge in [0.1, 0.15) is 11.6 Å². The lowest BCUT2D eigenvalue weighted by Gasteiger charge is -2.41. The third-order valence-electron chi connectivity index (χ3n) is 5.98. The van der Waals surface area contributed by atoms with Gasteiger partial charge in [-0.15, -0.1) is 0 Å². The molecule has 11 heteroatoms. The Balaban J connectivity index is 1.40. The van der Waals surface area contributed by atoms with E-state index < -0.39 is 0 Å². The first-order valence-electron chi connectivity index (χ1n) is 10.8. The predicted octanol–water partition coefficient (Wildman–Crippen LogP) is 2.35. The van der Waals surface area contributed by atoms with E-state index >= 15 is 0 Å². The SMILES string of the molecule is COc1cccc2c1NCC[C@H]2N1Cc2cnc(Nc3cnn(CCO)c3)nc2N(C)C1=O. The number of urea groups is 1. The minimum atomic E-state index is -0.108. The highest BCUT2D eigenvalue weighted by molar-refractivity contribution is 5.93. The molecule has 2 amide bonds. The molecule has 1 aromatic carbocycles. The van der Waals surface area contributed by atoms with E-state index in [2.05, 4.69) is 25.7 Å². The van der Waals surface area contributed by atoms with Gasteiger partial charge in [-0.25, -0.2) is 9.78 Å². The van der Waals surface area contributed by atoms with Crippen LogP contribution in [0.5, 0.6) is 5.75 Å². The number of rotatable bonds is 6. The van der Waals surface area contributed by atoms with Crippen LogP contribution in [0.4, 0.5) is 27.9 Å². The molecule has 0 radical (unpaired) electrons. The molecule has 0 saturated heterocycles. The molecular weight excluding hydrogens is 424 g/mol. The van der Waals surface area contributed by atoms with Crippen molar-refractivity contribution < 1.29 is 14.6 Å². The number of hydrogen-bond acceptors (Lipinski definition) is 8. The number of amides is 2. The number of nitrogens with one attached hydrogen (secondary N) is 2. The molecule has 11 nitrogen and oxygen atoms in total. The fraction of sp³-hybridized carbons (Fsp3) is 0.364. The summed E-state index contributed by atoms with van der Waals surface area (Å²) in [6.07, 6.45) is 5.95. The Labute approximate surface area is 191 Å². The lowest BCUT2D eigenvalue weighted by Crippen LogP contribution is -2.48. The third-order valence-corrected chi connectivity index (χ3v) is 5.98. The second-order valence-corrected chi connectivity index (χ2v) is 8.01. The van der Waals surface area contributed by atoms with Crippen molar-refractivity contribution in [1.29, 1.82) is 0 Å². The first-order valence-corrected chi connectivity index (χ1v) is 10.8. The monoisotopic (exact) mass is 450 g/mol. The van der Waals surface area contributed by atoms with E-state index in [0.717, 1.165) is 35.5 Å². The molecule has 3 N–H and O–H groups in total. The third kappa shape index (κ3) is 3.80. The summed E-state index contributed by atoms with van der Waals surface area (Å²) in [4.78, 5) is 25.9. The largest absolute Gasteiger partial charge is 0.495 e. The summed E-state index contributed by atoms with van der Waals surface area (Å²) in [6, 6.07) is 5.73. The quantitative estimate of drug-likeness (QED) is 0.523. The highest BCUT2D eigenvalue weighted by Gasteiger charge is 2.37. The number of benzene rings is 1. The number of hydrogen-bond donors (Lipinski definition) is 3. The number of fused-ring (bicyclic) bond motifs is 2. The molecule has 172 valence electrons. The van der Waals surface area contributed by atoms with E-state index in [4.69, 9.17) is 9.84 Å². The van der Waals surface area contributed by atoms with Crippen LogP contribution in [0.3, 0.4) is 0 Å². The summed E-state index contributed by atoms with van der Waals surface area (Å²) >= 11 is 0. The Morgan fingerprint density at radius 1 is 1.33 bits per heavy atom. The van der Waals surface area contributed by atoms with E-state index in [1.807, 2.05) is 23.1 Å². The Bertz CT molecular complexity index is 1180. The van der Waals surface area contributed by atoms with Crippen LogP contribution in [0, 0.1) is 0 Å². The standard InChI is InChI=1S/C22H26N8O3/c1-28-20-14(10-24-21(27-20)26-15-11-25-29(13-15)8-9-31)12-30(22(28)32)17-6-7-23-19-16(17)4-3-5-18(19)33-2/h3-5,10-11,13,17,23,31H,6-9,12H2,1-2H3,(H,24,26,27)/t17-/m1/s1. The van der Waals surface area contributed by atoms with Crippen molar-refractivity contribution in [3.8, 4) is 5.75 Å². The number of carbonyl (C=O) groups is 1. The van der Waals surface area contributed by atoms with Gasteiger partial charge in [-0.1, -0.05) is 12.1 Å². The average molecular weight is 451 g/mol. The smallest absolute Gasteiger partial charge is 0.326 e. The molecule has 0 saturated carbocycles. The van der Waals surface area contributed by atoms with Gasteiger partial charge in [0.25, 0.3) is 0 Å². The van der Waals surface area contributed by atoms with Gasteiger partial charge >= 0.3 is 6.03 Å². The molecular formula is C22H26N8O3. The van der Waals surface area contributed by atoms with E-state index in [1.165, 1.54) is 0 Å². The van der Waals surface area contributed by atoms with Crippen LogP contribution >= 0.6 is 0 Å². The van der Waals surface area contributed by atoms with Crippen molar-refractivity contribution >= 4 is 29.2 Å². The lowest BCUT2D eigenvalue weighted by molar-refractivity contribution is 0.169. The summed E-state index contributed by atoms with van der Waals surface area (Å²) in [7, 11) is 3.38. The van der Waals surface area contributed by atoms with Crippen LogP contribution in [0.2, 0.25) is 0 Å². The Kier molecular flexibility index (Phi) is 5.47. The molecule has 2 aliphatic heterocycles. The second-order valence-electron chi connectivity index (χ2n) is 8.01. The van der Waals surface area contributed by atoms with Gasteiger partial charge in [-0.3, -0.25) is 9.58 Å². The van der Waals surface area contributed by atoms with Gasteiger partial charge in [0, 0.05) is 37.1 Å². The maximum Gasteiger partial charge on any atom is 0.326 e. The summed E-state index contributed by atoms with van der Waals surface area (Å²) < 4.78 is 7.13. The highest BCUT2D eigenvalue weighted by atomic mass is 16.5. The minimum absolute atomic E-state index is 0.00812. The molecule has 0 aliphatic carbocycles.